The number of ether oxygens (including phenoxy) is 2. The second kappa shape index (κ2) is 4.68. The molecule has 0 aliphatic heterocycles. The fraction of sp³-hybridized carbons (Fsp3) is 0.214. The first-order valence-electron chi connectivity index (χ1n) is 5.62. The summed E-state index contributed by atoms with van der Waals surface area (Å²) in [6, 6.07) is 4.97. The molecule has 2 rings (SSSR count). The van der Waals surface area contributed by atoms with Crippen molar-refractivity contribution >= 4 is 16.7 Å². The van der Waals surface area contributed by atoms with Crippen molar-refractivity contribution in [3.63, 3.8) is 0 Å². The molecule has 0 atom stereocenters. The number of carbonyl (C=O) groups excluding carboxylic acids is 1. The van der Waals surface area contributed by atoms with Crippen LogP contribution in [0.3, 0.4) is 0 Å². The maximum Gasteiger partial charge on any atom is 0.342 e. The lowest BCUT2D eigenvalue weighted by Crippen LogP contribution is -2.05. The lowest BCUT2D eigenvalue weighted by atomic mass is 9.98. The number of hydrogen-bond donors (Lipinski definition) is 2. The first-order chi connectivity index (χ1) is 9.02. The number of aromatic hydroxyl groups is 2. The van der Waals surface area contributed by atoms with Crippen molar-refractivity contribution in [3.8, 4) is 17.2 Å². The van der Waals surface area contributed by atoms with Crippen LogP contribution < -0.4 is 4.74 Å². The highest BCUT2D eigenvalue weighted by Gasteiger charge is 2.23. The Labute approximate surface area is 110 Å². The van der Waals surface area contributed by atoms with E-state index in [-0.39, 0.29) is 28.0 Å². The standard InChI is InChI=1S/C14H14O5/c1-7-10(14(17)19-3)13(16)11-8(12(7)15)5-4-6-9(11)18-2/h4-6,15-16H,1-3H3. The molecular formula is C14H14O5. The number of methoxy groups -OCH3 is 2. The zero-order valence-electron chi connectivity index (χ0n) is 10.9. The number of hydrogen-bond acceptors (Lipinski definition) is 5. The van der Waals surface area contributed by atoms with E-state index in [1.807, 2.05) is 0 Å². The molecule has 0 fully saturated rings. The minimum Gasteiger partial charge on any atom is -0.507 e. The van der Waals surface area contributed by atoms with Crippen LogP contribution in [0.25, 0.3) is 10.8 Å². The van der Waals surface area contributed by atoms with Crippen LogP contribution in [0.1, 0.15) is 15.9 Å². The van der Waals surface area contributed by atoms with Gasteiger partial charge in [0.1, 0.15) is 22.8 Å². The molecule has 0 aliphatic rings. The number of phenolic OH excluding ortho intramolecular Hbond substituents is 2. The Kier molecular flexibility index (Phi) is 3.21. The third-order valence-corrected chi connectivity index (χ3v) is 3.09. The summed E-state index contributed by atoms with van der Waals surface area (Å²) in [5.74, 6) is -0.671. The summed E-state index contributed by atoms with van der Waals surface area (Å²) in [5, 5.41) is 21.1. The van der Waals surface area contributed by atoms with Crippen LogP contribution in [0.4, 0.5) is 0 Å². The Morgan fingerprint density at radius 1 is 1.16 bits per heavy atom. The number of phenols is 2. The van der Waals surface area contributed by atoms with Crippen molar-refractivity contribution < 1.29 is 24.5 Å². The minimum atomic E-state index is -0.710. The van der Waals surface area contributed by atoms with E-state index in [0.29, 0.717) is 11.1 Å². The Balaban J connectivity index is 2.97. The summed E-state index contributed by atoms with van der Waals surface area (Å²) in [6.45, 7) is 1.54. The fourth-order valence-corrected chi connectivity index (χ4v) is 2.12. The number of fused-ring (bicyclic) bond motifs is 1. The van der Waals surface area contributed by atoms with Gasteiger partial charge in [0.2, 0.25) is 0 Å². The van der Waals surface area contributed by atoms with E-state index in [4.69, 9.17) is 4.74 Å². The second-order valence-electron chi connectivity index (χ2n) is 4.07. The molecule has 5 heteroatoms. The van der Waals surface area contributed by atoms with Gasteiger partial charge in [-0.2, -0.15) is 0 Å². The summed E-state index contributed by atoms with van der Waals surface area (Å²) < 4.78 is 9.77. The zero-order chi connectivity index (χ0) is 14.2. The maximum absolute atomic E-state index is 11.7. The van der Waals surface area contributed by atoms with Gasteiger partial charge in [-0.15, -0.1) is 0 Å². The molecule has 19 heavy (non-hydrogen) atoms. The van der Waals surface area contributed by atoms with Crippen molar-refractivity contribution in [3.05, 3.63) is 29.3 Å². The molecule has 0 saturated heterocycles. The number of esters is 1. The van der Waals surface area contributed by atoms with Crippen LogP contribution in [0.15, 0.2) is 18.2 Å². The average Bonchev–Trinajstić information content (AvgIpc) is 2.43. The van der Waals surface area contributed by atoms with E-state index >= 15 is 0 Å². The molecule has 2 aromatic carbocycles. The SMILES string of the molecule is COC(=O)c1c(C)c(O)c2cccc(OC)c2c1O. The largest absolute Gasteiger partial charge is 0.507 e. The molecule has 2 aromatic rings. The quantitative estimate of drug-likeness (QED) is 0.641. The van der Waals surface area contributed by atoms with Crippen LogP contribution >= 0.6 is 0 Å². The van der Waals surface area contributed by atoms with Gasteiger partial charge in [-0.25, -0.2) is 4.79 Å². The van der Waals surface area contributed by atoms with E-state index in [1.54, 1.807) is 25.1 Å². The molecule has 2 N–H and O–H groups in total. The van der Waals surface area contributed by atoms with E-state index in [1.165, 1.54) is 14.2 Å². The van der Waals surface area contributed by atoms with Crippen molar-refractivity contribution in [2.45, 2.75) is 6.92 Å². The highest BCUT2D eigenvalue weighted by Crippen LogP contribution is 2.43. The van der Waals surface area contributed by atoms with Gasteiger partial charge in [0.15, 0.2) is 0 Å². The van der Waals surface area contributed by atoms with Gasteiger partial charge in [-0.1, -0.05) is 12.1 Å². The maximum atomic E-state index is 11.7. The third-order valence-electron chi connectivity index (χ3n) is 3.09. The average molecular weight is 262 g/mol. The molecule has 0 aromatic heterocycles. The zero-order valence-corrected chi connectivity index (χ0v) is 10.9. The molecule has 0 saturated carbocycles. The van der Waals surface area contributed by atoms with Crippen LogP contribution in [0.2, 0.25) is 0 Å². The lowest BCUT2D eigenvalue weighted by Gasteiger charge is -2.14. The molecule has 0 spiro atoms. The number of benzene rings is 2. The number of rotatable bonds is 2. The van der Waals surface area contributed by atoms with Crippen molar-refractivity contribution in [1.29, 1.82) is 0 Å². The van der Waals surface area contributed by atoms with Crippen molar-refractivity contribution in [2.75, 3.05) is 14.2 Å². The summed E-state index contributed by atoms with van der Waals surface area (Å²) in [6.07, 6.45) is 0. The minimum absolute atomic E-state index is 0.0583. The molecule has 5 nitrogen and oxygen atoms in total. The highest BCUT2D eigenvalue weighted by atomic mass is 16.5. The topological polar surface area (TPSA) is 76.0 Å². The van der Waals surface area contributed by atoms with Crippen LogP contribution in [0.5, 0.6) is 17.2 Å². The van der Waals surface area contributed by atoms with E-state index < -0.39 is 5.97 Å². The van der Waals surface area contributed by atoms with E-state index in [9.17, 15) is 15.0 Å². The second-order valence-corrected chi connectivity index (χ2v) is 4.07. The third kappa shape index (κ3) is 1.83. The summed E-state index contributed by atoms with van der Waals surface area (Å²) in [5.41, 5.74) is 0.210. The lowest BCUT2D eigenvalue weighted by molar-refractivity contribution is 0.0596. The van der Waals surface area contributed by atoms with Gasteiger partial charge < -0.3 is 19.7 Å². The monoisotopic (exact) mass is 262 g/mol. The molecule has 0 unspecified atom stereocenters. The molecule has 0 radical (unpaired) electrons. The number of carbonyl (C=O) groups is 1. The smallest absolute Gasteiger partial charge is 0.342 e. The summed E-state index contributed by atoms with van der Waals surface area (Å²) in [7, 11) is 2.66. The predicted molar refractivity (Wildman–Crippen MR) is 69.9 cm³/mol. The summed E-state index contributed by atoms with van der Waals surface area (Å²) in [4.78, 5) is 11.7. The molecular weight excluding hydrogens is 248 g/mol. The van der Waals surface area contributed by atoms with E-state index in [0.717, 1.165) is 0 Å². The van der Waals surface area contributed by atoms with Gasteiger partial charge in [0.05, 0.1) is 19.6 Å². The summed E-state index contributed by atoms with van der Waals surface area (Å²) >= 11 is 0. The fourth-order valence-electron chi connectivity index (χ4n) is 2.12. The molecule has 0 bridgehead atoms. The van der Waals surface area contributed by atoms with Crippen LogP contribution in [-0.2, 0) is 4.74 Å². The van der Waals surface area contributed by atoms with Crippen LogP contribution in [-0.4, -0.2) is 30.4 Å². The predicted octanol–water partition coefficient (Wildman–Crippen LogP) is 2.35. The normalized spacial score (nSPS) is 10.5. The molecule has 0 amide bonds. The molecule has 100 valence electrons. The Hall–Kier alpha value is -2.43. The van der Waals surface area contributed by atoms with Crippen LogP contribution in [0, 0.1) is 6.92 Å². The molecule has 0 aliphatic carbocycles. The first kappa shape index (κ1) is 13.0. The van der Waals surface area contributed by atoms with Crippen molar-refractivity contribution in [2.24, 2.45) is 0 Å². The van der Waals surface area contributed by atoms with Gasteiger partial charge in [-0.3, -0.25) is 0 Å². The van der Waals surface area contributed by atoms with Gasteiger partial charge >= 0.3 is 5.97 Å². The van der Waals surface area contributed by atoms with Gasteiger partial charge in [0.25, 0.3) is 0 Å². The Bertz CT molecular complexity index is 661. The van der Waals surface area contributed by atoms with E-state index in [2.05, 4.69) is 4.74 Å². The first-order valence-corrected chi connectivity index (χ1v) is 5.62. The Morgan fingerprint density at radius 2 is 1.84 bits per heavy atom. The highest BCUT2D eigenvalue weighted by molar-refractivity contribution is 6.07. The van der Waals surface area contributed by atoms with Gasteiger partial charge in [-0.05, 0) is 13.0 Å². The Morgan fingerprint density at radius 3 is 2.42 bits per heavy atom. The molecule has 0 heterocycles. The van der Waals surface area contributed by atoms with Crippen molar-refractivity contribution in [1.82, 2.24) is 0 Å². The van der Waals surface area contributed by atoms with Gasteiger partial charge in [0, 0.05) is 10.9 Å².